The van der Waals surface area contributed by atoms with Crippen LogP contribution in [0.4, 0.5) is 0 Å². The predicted molar refractivity (Wildman–Crippen MR) is 73.7 cm³/mol. The Labute approximate surface area is 117 Å². The molecule has 5 heteroatoms. The first-order chi connectivity index (χ1) is 9.65. The molecule has 0 aliphatic carbocycles. The van der Waals surface area contributed by atoms with Gasteiger partial charge in [-0.05, 0) is 24.5 Å². The highest BCUT2D eigenvalue weighted by Crippen LogP contribution is 2.30. The highest BCUT2D eigenvalue weighted by molar-refractivity contribution is 5.82. The number of fused-ring (bicyclic) bond motifs is 1. The summed E-state index contributed by atoms with van der Waals surface area (Å²) in [4.78, 5) is 13.9. The van der Waals surface area contributed by atoms with Crippen LogP contribution in [0.25, 0.3) is 0 Å². The normalized spacial score (nSPS) is 18.8. The van der Waals surface area contributed by atoms with E-state index in [4.69, 9.17) is 10.3 Å². The van der Waals surface area contributed by atoms with E-state index in [1.165, 1.54) is 5.56 Å². The Morgan fingerprint density at radius 1 is 1.50 bits per heavy atom. The summed E-state index contributed by atoms with van der Waals surface area (Å²) < 4.78 is 5.08. The first-order valence-electron chi connectivity index (χ1n) is 6.68. The number of hydrogen-bond donors (Lipinski definition) is 1. The first kappa shape index (κ1) is 12.9. The quantitative estimate of drug-likeness (QED) is 0.919. The number of nitrogens with two attached hydrogens (primary N) is 1. The number of nitrogens with zero attached hydrogens (tertiary/aromatic N) is 2. The minimum absolute atomic E-state index is 0.322. The summed E-state index contributed by atoms with van der Waals surface area (Å²) in [6.45, 7) is 3.21. The monoisotopic (exact) mass is 271 g/mol. The van der Waals surface area contributed by atoms with E-state index in [1.54, 1.807) is 0 Å². The van der Waals surface area contributed by atoms with Gasteiger partial charge in [0.2, 0.25) is 5.91 Å². The zero-order valence-electron chi connectivity index (χ0n) is 11.4. The lowest BCUT2D eigenvalue weighted by molar-refractivity contribution is -0.124. The smallest absolute Gasteiger partial charge is 0.239 e. The van der Waals surface area contributed by atoms with Crippen molar-refractivity contribution < 1.29 is 9.32 Å². The predicted octanol–water partition coefficient (Wildman–Crippen LogP) is 1.57. The third kappa shape index (κ3) is 2.32. The minimum atomic E-state index is -0.392. The molecule has 0 saturated carbocycles. The van der Waals surface area contributed by atoms with Crippen molar-refractivity contribution in [1.29, 1.82) is 0 Å². The van der Waals surface area contributed by atoms with Crippen LogP contribution in [0.1, 0.15) is 28.6 Å². The fourth-order valence-electron chi connectivity index (χ4n) is 2.82. The van der Waals surface area contributed by atoms with Crippen molar-refractivity contribution in [3.63, 3.8) is 0 Å². The van der Waals surface area contributed by atoms with Gasteiger partial charge in [0.05, 0.1) is 5.69 Å². The van der Waals surface area contributed by atoms with Crippen molar-refractivity contribution in [2.75, 3.05) is 6.54 Å². The van der Waals surface area contributed by atoms with Crippen LogP contribution in [0.3, 0.4) is 0 Å². The maximum Gasteiger partial charge on any atom is 0.239 e. The van der Waals surface area contributed by atoms with Crippen molar-refractivity contribution in [3.05, 3.63) is 52.9 Å². The molecule has 1 amide bonds. The van der Waals surface area contributed by atoms with E-state index in [2.05, 4.69) is 16.1 Å². The molecule has 2 aromatic rings. The van der Waals surface area contributed by atoms with Gasteiger partial charge in [0.15, 0.2) is 0 Å². The molecular weight excluding hydrogens is 254 g/mol. The number of rotatable bonds is 3. The number of hydrogen-bond acceptors (Lipinski definition) is 4. The summed E-state index contributed by atoms with van der Waals surface area (Å²) in [5.41, 5.74) is 8.64. The van der Waals surface area contributed by atoms with Crippen LogP contribution in [0, 0.1) is 6.92 Å². The van der Waals surface area contributed by atoms with Gasteiger partial charge in [0, 0.05) is 19.2 Å². The number of benzene rings is 1. The average molecular weight is 271 g/mol. The minimum Gasteiger partial charge on any atom is -0.368 e. The molecule has 5 nitrogen and oxygen atoms in total. The van der Waals surface area contributed by atoms with Crippen LogP contribution < -0.4 is 5.73 Å². The van der Waals surface area contributed by atoms with E-state index in [1.807, 2.05) is 31.2 Å². The zero-order chi connectivity index (χ0) is 14.1. The Bertz CT molecular complexity index is 636. The second kappa shape index (κ2) is 5.09. The molecule has 0 radical (unpaired) electrons. The number of carbonyl (C=O) groups is 1. The number of carbonyl (C=O) groups excluding carboxylic acids is 1. The number of aromatic nitrogens is 1. The molecule has 20 heavy (non-hydrogen) atoms. The number of primary amides is 1. The second-order valence-electron chi connectivity index (χ2n) is 5.15. The average Bonchev–Trinajstić information content (AvgIpc) is 2.83. The van der Waals surface area contributed by atoms with Crippen LogP contribution in [-0.2, 0) is 17.8 Å². The topological polar surface area (TPSA) is 72.4 Å². The van der Waals surface area contributed by atoms with Crippen molar-refractivity contribution in [1.82, 2.24) is 10.1 Å². The Morgan fingerprint density at radius 3 is 3.00 bits per heavy atom. The van der Waals surface area contributed by atoms with E-state index in [0.29, 0.717) is 6.54 Å². The molecule has 0 bridgehead atoms. The van der Waals surface area contributed by atoms with E-state index in [9.17, 15) is 4.79 Å². The van der Waals surface area contributed by atoms with E-state index in [0.717, 1.165) is 30.0 Å². The van der Waals surface area contributed by atoms with Crippen LogP contribution in [-0.4, -0.2) is 22.5 Å². The van der Waals surface area contributed by atoms with Crippen molar-refractivity contribution >= 4 is 5.91 Å². The summed E-state index contributed by atoms with van der Waals surface area (Å²) in [5.74, 6) is 0.449. The van der Waals surface area contributed by atoms with E-state index < -0.39 is 6.04 Å². The lowest BCUT2D eigenvalue weighted by Gasteiger charge is -2.34. The lowest BCUT2D eigenvalue weighted by atomic mass is 9.92. The Balaban J connectivity index is 1.90. The van der Waals surface area contributed by atoms with Gasteiger partial charge in [-0.25, -0.2) is 0 Å². The van der Waals surface area contributed by atoms with Gasteiger partial charge in [-0.3, -0.25) is 9.69 Å². The highest BCUT2D eigenvalue weighted by atomic mass is 16.5. The standard InChI is InChI=1S/C15H17N3O2/c1-10-8-12(17-20-10)9-18-7-6-11-4-2-3-5-13(11)14(18)15(16)19/h2-5,8,14H,6-7,9H2,1H3,(H2,16,19)/t14-/m1/s1. The molecular formula is C15H17N3O2. The van der Waals surface area contributed by atoms with Gasteiger partial charge in [-0.15, -0.1) is 0 Å². The summed E-state index contributed by atoms with van der Waals surface area (Å²) in [6.07, 6.45) is 0.913. The van der Waals surface area contributed by atoms with Gasteiger partial charge >= 0.3 is 0 Å². The molecule has 1 aliphatic rings. The number of aryl methyl sites for hydroxylation is 1. The third-order valence-corrected chi connectivity index (χ3v) is 3.69. The molecule has 2 N–H and O–H groups in total. The van der Waals surface area contributed by atoms with Crippen molar-refractivity contribution in [3.8, 4) is 0 Å². The molecule has 1 aliphatic heterocycles. The Hall–Kier alpha value is -2.14. The molecule has 1 atom stereocenters. The largest absolute Gasteiger partial charge is 0.368 e. The van der Waals surface area contributed by atoms with E-state index >= 15 is 0 Å². The highest BCUT2D eigenvalue weighted by Gasteiger charge is 2.31. The maximum atomic E-state index is 11.9. The molecule has 0 saturated heterocycles. The molecule has 0 unspecified atom stereocenters. The SMILES string of the molecule is Cc1cc(CN2CCc3ccccc3[C@@H]2C(N)=O)no1. The van der Waals surface area contributed by atoms with Crippen LogP contribution in [0.5, 0.6) is 0 Å². The molecule has 0 spiro atoms. The van der Waals surface area contributed by atoms with Crippen LogP contribution in [0.2, 0.25) is 0 Å². The summed E-state index contributed by atoms with van der Waals surface area (Å²) in [6, 6.07) is 9.47. The lowest BCUT2D eigenvalue weighted by Crippen LogP contribution is -2.42. The molecule has 1 aromatic carbocycles. The molecule has 2 heterocycles. The molecule has 1 aromatic heterocycles. The second-order valence-corrected chi connectivity index (χ2v) is 5.15. The summed E-state index contributed by atoms with van der Waals surface area (Å²) in [5, 5.41) is 3.99. The molecule has 3 rings (SSSR count). The van der Waals surface area contributed by atoms with Gasteiger partial charge in [-0.2, -0.15) is 0 Å². The maximum absolute atomic E-state index is 11.9. The fraction of sp³-hybridized carbons (Fsp3) is 0.333. The fourth-order valence-corrected chi connectivity index (χ4v) is 2.82. The third-order valence-electron chi connectivity index (χ3n) is 3.69. The van der Waals surface area contributed by atoms with E-state index in [-0.39, 0.29) is 5.91 Å². The Kier molecular flexibility index (Phi) is 3.28. The van der Waals surface area contributed by atoms with Crippen molar-refractivity contribution in [2.45, 2.75) is 25.9 Å². The summed E-state index contributed by atoms with van der Waals surface area (Å²) in [7, 11) is 0. The van der Waals surface area contributed by atoms with Gasteiger partial charge in [-0.1, -0.05) is 29.4 Å². The first-order valence-corrected chi connectivity index (χ1v) is 6.68. The summed E-state index contributed by atoms with van der Waals surface area (Å²) >= 11 is 0. The van der Waals surface area contributed by atoms with Gasteiger partial charge in [0.25, 0.3) is 0 Å². The molecule has 0 fully saturated rings. The van der Waals surface area contributed by atoms with Crippen LogP contribution >= 0.6 is 0 Å². The van der Waals surface area contributed by atoms with Gasteiger partial charge in [0.1, 0.15) is 11.8 Å². The zero-order valence-corrected chi connectivity index (χ0v) is 11.4. The Morgan fingerprint density at radius 2 is 2.30 bits per heavy atom. The van der Waals surface area contributed by atoms with Crippen LogP contribution in [0.15, 0.2) is 34.9 Å². The van der Waals surface area contributed by atoms with Crippen molar-refractivity contribution in [2.24, 2.45) is 5.73 Å². The van der Waals surface area contributed by atoms with Gasteiger partial charge < -0.3 is 10.3 Å². The number of amides is 1. The molecule has 104 valence electrons.